The first-order valence-electron chi connectivity index (χ1n) is 9.40. The van der Waals surface area contributed by atoms with E-state index in [9.17, 15) is 9.59 Å². The molecule has 32 heavy (non-hydrogen) atoms. The molecule has 0 fully saturated rings. The second-order valence-corrected chi connectivity index (χ2v) is 8.02. The summed E-state index contributed by atoms with van der Waals surface area (Å²) in [6.45, 7) is 1.74. The van der Waals surface area contributed by atoms with Crippen LogP contribution < -0.4 is 21.3 Å². The van der Waals surface area contributed by atoms with Crippen LogP contribution in [0.4, 0.5) is 11.4 Å². The molecule has 0 saturated carbocycles. The molecule has 3 rings (SSSR count). The predicted molar refractivity (Wildman–Crippen MR) is 136 cm³/mol. The van der Waals surface area contributed by atoms with Gasteiger partial charge >= 0.3 is 0 Å². The molecule has 0 unspecified atom stereocenters. The summed E-state index contributed by atoms with van der Waals surface area (Å²) in [6.07, 6.45) is 0. The van der Waals surface area contributed by atoms with Crippen molar-refractivity contribution in [3.05, 3.63) is 94.5 Å². The van der Waals surface area contributed by atoms with E-state index in [0.29, 0.717) is 22.4 Å². The summed E-state index contributed by atoms with van der Waals surface area (Å²) in [5.74, 6) is -0.838. The zero-order valence-electron chi connectivity index (χ0n) is 17.0. The van der Waals surface area contributed by atoms with E-state index in [2.05, 4.69) is 0 Å². The van der Waals surface area contributed by atoms with Crippen LogP contribution in [0, 0.1) is 6.92 Å². The van der Waals surface area contributed by atoms with Crippen LogP contribution in [0.25, 0.3) is 0 Å². The fraction of sp³-hybridized carbons (Fsp3) is 0.0435. The molecule has 3 aromatic carbocycles. The molecule has 2 amide bonds. The standard InChI is InChI=1S/C23H19ClN4O2S2/c1-14-12-19(28(23(26)32)21(30)16-10-6-3-7-11-16)17(24)13-18(14)27(22(25)31)20(29)15-8-4-2-5-9-15/h2-13H,1H3,(H2,25,31)(H2,26,32). The molecule has 0 spiro atoms. The summed E-state index contributed by atoms with van der Waals surface area (Å²) in [7, 11) is 0. The number of amides is 2. The second kappa shape index (κ2) is 9.86. The molecule has 0 saturated heterocycles. The van der Waals surface area contributed by atoms with E-state index in [4.69, 9.17) is 47.5 Å². The molecule has 0 aliphatic carbocycles. The van der Waals surface area contributed by atoms with Crippen molar-refractivity contribution in [3.8, 4) is 0 Å². The Morgan fingerprint density at radius 1 is 0.750 bits per heavy atom. The zero-order chi connectivity index (χ0) is 23.4. The van der Waals surface area contributed by atoms with Crippen molar-refractivity contribution >= 4 is 69.5 Å². The highest BCUT2D eigenvalue weighted by molar-refractivity contribution is 7.80. The topological polar surface area (TPSA) is 92.7 Å². The van der Waals surface area contributed by atoms with E-state index in [-0.39, 0.29) is 20.9 Å². The van der Waals surface area contributed by atoms with Gasteiger partial charge in [0.2, 0.25) is 0 Å². The van der Waals surface area contributed by atoms with Crippen LogP contribution >= 0.6 is 36.0 Å². The SMILES string of the molecule is Cc1cc(N(C(=O)c2ccccc2)C(N)=S)c(Cl)cc1N(C(=O)c1ccccc1)C(N)=S. The van der Waals surface area contributed by atoms with Crippen LogP contribution in [0.1, 0.15) is 26.3 Å². The molecule has 0 aromatic heterocycles. The molecule has 0 aliphatic heterocycles. The van der Waals surface area contributed by atoms with Gasteiger partial charge in [0.25, 0.3) is 11.8 Å². The number of anilines is 2. The first-order chi connectivity index (χ1) is 15.2. The van der Waals surface area contributed by atoms with Gasteiger partial charge in [0.15, 0.2) is 10.2 Å². The van der Waals surface area contributed by atoms with E-state index < -0.39 is 11.8 Å². The Labute approximate surface area is 201 Å². The summed E-state index contributed by atoms with van der Waals surface area (Å²) < 4.78 is 0. The molecule has 0 aliphatic rings. The fourth-order valence-electron chi connectivity index (χ4n) is 3.14. The third kappa shape index (κ3) is 4.77. The van der Waals surface area contributed by atoms with Crippen molar-refractivity contribution in [1.29, 1.82) is 0 Å². The van der Waals surface area contributed by atoms with Crippen molar-refractivity contribution in [2.24, 2.45) is 11.5 Å². The summed E-state index contributed by atoms with van der Waals surface area (Å²) >= 11 is 16.8. The summed E-state index contributed by atoms with van der Waals surface area (Å²) in [5.41, 5.74) is 13.8. The minimum absolute atomic E-state index is 0.141. The molecule has 162 valence electrons. The Kier molecular flexibility index (Phi) is 7.19. The van der Waals surface area contributed by atoms with E-state index in [1.165, 1.54) is 11.0 Å². The molecule has 9 heteroatoms. The average molecular weight is 483 g/mol. The number of nitrogens with zero attached hydrogens (tertiary/aromatic N) is 2. The predicted octanol–water partition coefficient (Wildman–Crippen LogP) is 4.43. The van der Waals surface area contributed by atoms with E-state index >= 15 is 0 Å². The fourth-order valence-corrected chi connectivity index (χ4v) is 3.75. The van der Waals surface area contributed by atoms with Gasteiger partial charge in [0, 0.05) is 11.1 Å². The van der Waals surface area contributed by atoms with Crippen molar-refractivity contribution < 1.29 is 9.59 Å². The highest BCUT2D eigenvalue weighted by atomic mass is 35.5. The number of rotatable bonds is 4. The molecule has 0 bridgehead atoms. The highest BCUT2D eigenvalue weighted by Gasteiger charge is 2.27. The molecule has 0 heterocycles. The van der Waals surface area contributed by atoms with Gasteiger partial charge in [-0.2, -0.15) is 0 Å². The average Bonchev–Trinajstić information content (AvgIpc) is 2.77. The van der Waals surface area contributed by atoms with Crippen LogP contribution in [0.2, 0.25) is 5.02 Å². The van der Waals surface area contributed by atoms with Gasteiger partial charge in [0.1, 0.15) is 0 Å². The van der Waals surface area contributed by atoms with Crippen LogP contribution in [0.3, 0.4) is 0 Å². The molecular formula is C23H19ClN4O2S2. The first kappa shape index (κ1) is 23.3. The number of halogens is 1. The normalized spacial score (nSPS) is 10.3. The maximum absolute atomic E-state index is 13.1. The van der Waals surface area contributed by atoms with Crippen molar-refractivity contribution in [2.75, 3.05) is 9.80 Å². The minimum Gasteiger partial charge on any atom is -0.376 e. The number of hydrogen-bond donors (Lipinski definition) is 2. The van der Waals surface area contributed by atoms with Crippen molar-refractivity contribution in [3.63, 3.8) is 0 Å². The van der Waals surface area contributed by atoms with Gasteiger partial charge in [-0.15, -0.1) is 0 Å². The maximum Gasteiger partial charge on any atom is 0.264 e. The smallest absolute Gasteiger partial charge is 0.264 e. The molecule has 6 nitrogen and oxygen atoms in total. The van der Waals surface area contributed by atoms with Crippen LogP contribution in [-0.4, -0.2) is 22.0 Å². The van der Waals surface area contributed by atoms with Gasteiger partial charge in [-0.05, 0) is 73.3 Å². The van der Waals surface area contributed by atoms with Gasteiger partial charge in [-0.25, -0.2) is 0 Å². The summed E-state index contributed by atoms with van der Waals surface area (Å²) in [6, 6.07) is 20.3. The Morgan fingerprint density at radius 3 is 1.56 bits per heavy atom. The molecule has 4 N–H and O–H groups in total. The lowest BCUT2D eigenvalue weighted by Crippen LogP contribution is -2.42. The van der Waals surface area contributed by atoms with Crippen molar-refractivity contribution in [1.82, 2.24) is 0 Å². The number of carbonyl (C=O) groups is 2. The minimum atomic E-state index is -0.432. The van der Waals surface area contributed by atoms with Gasteiger partial charge < -0.3 is 11.5 Å². The zero-order valence-corrected chi connectivity index (χ0v) is 19.4. The number of benzene rings is 3. The van der Waals surface area contributed by atoms with E-state index in [1.54, 1.807) is 73.7 Å². The molecular weight excluding hydrogens is 464 g/mol. The lowest BCUT2D eigenvalue weighted by atomic mass is 10.1. The maximum atomic E-state index is 13.1. The number of hydrogen-bond acceptors (Lipinski definition) is 4. The number of thiocarbonyl (C=S) groups is 2. The quantitative estimate of drug-likeness (QED) is 0.534. The second-order valence-electron chi connectivity index (χ2n) is 6.78. The van der Waals surface area contributed by atoms with E-state index in [0.717, 1.165) is 4.90 Å². The Morgan fingerprint density at radius 2 is 1.16 bits per heavy atom. The van der Waals surface area contributed by atoms with Crippen LogP contribution in [0.15, 0.2) is 72.8 Å². The highest BCUT2D eigenvalue weighted by Crippen LogP contribution is 2.35. The third-order valence-electron chi connectivity index (χ3n) is 4.64. The largest absolute Gasteiger partial charge is 0.376 e. The Bertz CT molecular complexity index is 1110. The van der Waals surface area contributed by atoms with Gasteiger partial charge in [-0.3, -0.25) is 19.4 Å². The van der Waals surface area contributed by atoms with Crippen LogP contribution in [0.5, 0.6) is 0 Å². The van der Waals surface area contributed by atoms with Crippen LogP contribution in [-0.2, 0) is 0 Å². The van der Waals surface area contributed by atoms with Gasteiger partial charge in [-0.1, -0.05) is 48.0 Å². The third-order valence-corrected chi connectivity index (χ3v) is 5.30. The van der Waals surface area contributed by atoms with Gasteiger partial charge in [0.05, 0.1) is 16.4 Å². The molecule has 3 aromatic rings. The summed E-state index contributed by atoms with van der Waals surface area (Å²) in [5, 5.41) is -0.165. The Hall–Kier alpha value is -3.33. The number of nitrogens with two attached hydrogens (primary N) is 2. The van der Waals surface area contributed by atoms with Crippen molar-refractivity contribution in [2.45, 2.75) is 6.92 Å². The lowest BCUT2D eigenvalue weighted by molar-refractivity contribution is 0.0994. The lowest BCUT2D eigenvalue weighted by Gasteiger charge is -2.27. The number of aryl methyl sites for hydroxylation is 1. The Balaban J connectivity index is 2.08. The molecule has 0 radical (unpaired) electrons. The summed E-state index contributed by atoms with van der Waals surface area (Å²) in [4.78, 5) is 28.5. The monoisotopic (exact) mass is 482 g/mol. The van der Waals surface area contributed by atoms with E-state index in [1.807, 2.05) is 0 Å². The first-order valence-corrected chi connectivity index (χ1v) is 10.6. The number of carbonyl (C=O) groups excluding carboxylic acids is 2. The molecule has 0 atom stereocenters.